The second-order valence-electron chi connectivity index (χ2n) is 8.46. The van der Waals surface area contributed by atoms with Crippen molar-refractivity contribution in [2.24, 2.45) is 0 Å². The Morgan fingerprint density at radius 1 is 1.24 bits per heavy atom. The first kappa shape index (κ1) is 21.3. The number of benzene rings is 1. The summed E-state index contributed by atoms with van der Waals surface area (Å²) < 4.78 is 2.20. The third kappa shape index (κ3) is 4.16. The van der Waals surface area contributed by atoms with Crippen LogP contribution in [0.1, 0.15) is 86.6 Å². The molecule has 29 heavy (non-hydrogen) atoms. The largest absolute Gasteiger partial charge is 0.317 e. The van der Waals surface area contributed by atoms with E-state index in [2.05, 4.69) is 49.3 Å². The van der Waals surface area contributed by atoms with Gasteiger partial charge in [0, 0.05) is 34.7 Å². The molecule has 2 aromatic rings. The van der Waals surface area contributed by atoms with E-state index in [0.29, 0.717) is 30.1 Å². The monoisotopic (exact) mass is 391 g/mol. The summed E-state index contributed by atoms with van der Waals surface area (Å²) in [5.41, 5.74) is 4.65. The summed E-state index contributed by atoms with van der Waals surface area (Å²) in [5.74, 6) is 0.562. The van der Waals surface area contributed by atoms with Crippen LogP contribution in [-0.2, 0) is 0 Å². The molecule has 0 radical (unpaired) electrons. The minimum atomic E-state index is 0.214. The summed E-state index contributed by atoms with van der Waals surface area (Å²) in [6.07, 6.45) is 4.47. The highest BCUT2D eigenvalue weighted by Gasteiger charge is 2.32. The average molecular weight is 392 g/mol. The zero-order chi connectivity index (χ0) is 21.1. The van der Waals surface area contributed by atoms with Crippen molar-refractivity contribution in [2.75, 3.05) is 6.54 Å². The van der Waals surface area contributed by atoms with Crippen LogP contribution in [0.15, 0.2) is 30.3 Å². The quantitative estimate of drug-likeness (QED) is 0.576. The lowest BCUT2D eigenvalue weighted by molar-refractivity contribution is 0.0888. The van der Waals surface area contributed by atoms with Gasteiger partial charge in [-0.15, -0.1) is 0 Å². The lowest BCUT2D eigenvalue weighted by Crippen LogP contribution is -2.38. The number of rotatable bonds is 7. The van der Waals surface area contributed by atoms with Crippen LogP contribution in [0.5, 0.6) is 0 Å². The van der Waals surface area contributed by atoms with Gasteiger partial charge in [-0.1, -0.05) is 20.8 Å². The third-order valence-electron chi connectivity index (χ3n) is 6.70. The highest BCUT2D eigenvalue weighted by Crippen LogP contribution is 2.31. The van der Waals surface area contributed by atoms with Crippen molar-refractivity contribution in [3.8, 4) is 11.8 Å². The molecule has 3 rings (SSSR count). The maximum Gasteiger partial charge on any atom is 0.178 e. The van der Waals surface area contributed by atoms with Gasteiger partial charge in [0.15, 0.2) is 5.78 Å². The topological polar surface area (TPSA) is 49.0 Å². The van der Waals surface area contributed by atoms with Gasteiger partial charge in [0.25, 0.3) is 0 Å². The third-order valence-corrected chi connectivity index (χ3v) is 6.70. The Morgan fingerprint density at radius 3 is 2.52 bits per heavy atom. The molecule has 1 fully saturated rings. The van der Waals surface area contributed by atoms with Crippen LogP contribution in [0.25, 0.3) is 5.69 Å². The van der Waals surface area contributed by atoms with E-state index in [0.717, 1.165) is 29.8 Å². The van der Waals surface area contributed by atoms with Crippen molar-refractivity contribution in [1.82, 2.24) is 9.47 Å². The lowest BCUT2D eigenvalue weighted by atomic mass is 10.0. The van der Waals surface area contributed by atoms with Crippen molar-refractivity contribution in [3.05, 3.63) is 52.8 Å². The Kier molecular flexibility index (Phi) is 6.59. The van der Waals surface area contributed by atoms with Crippen LogP contribution in [0, 0.1) is 18.3 Å². The Morgan fingerprint density at radius 2 is 1.93 bits per heavy atom. The number of ketones is 1. The molecule has 0 bridgehead atoms. The Balaban J connectivity index is 1.98. The van der Waals surface area contributed by atoms with Gasteiger partial charge in [0.2, 0.25) is 0 Å². The molecule has 1 saturated heterocycles. The van der Waals surface area contributed by atoms with Crippen LogP contribution < -0.4 is 0 Å². The molecule has 3 atom stereocenters. The van der Waals surface area contributed by atoms with E-state index in [1.165, 1.54) is 18.5 Å². The first-order valence-electron chi connectivity index (χ1n) is 10.9. The molecule has 1 aliphatic heterocycles. The molecule has 0 saturated carbocycles. The summed E-state index contributed by atoms with van der Waals surface area (Å²) in [7, 11) is 0. The number of nitriles is 1. The highest BCUT2D eigenvalue weighted by atomic mass is 16.1. The van der Waals surface area contributed by atoms with Gasteiger partial charge in [-0.25, -0.2) is 0 Å². The second kappa shape index (κ2) is 8.97. The molecule has 3 unspecified atom stereocenters. The Labute approximate surface area is 175 Å². The molecule has 1 aliphatic rings. The number of hydrogen-bond acceptors (Lipinski definition) is 3. The minimum absolute atomic E-state index is 0.214. The molecular weight excluding hydrogens is 358 g/mol. The van der Waals surface area contributed by atoms with E-state index < -0.39 is 0 Å². The van der Waals surface area contributed by atoms with Crippen LogP contribution in [0.2, 0.25) is 0 Å². The predicted molar refractivity (Wildman–Crippen MR) is 118 cm³/mol. The van der Waals surface area contributed by atoms with Crippen molar-refractivity contribution in [1.29, 1.82) is 5.26 Å². The van der Waals surface area contributed by atoms with E-state index in [4.69, 9.17) is 5.26 Å². The van der Waals surface area contributed by atoms with Crippen molar-refractivity contribution in [2.45, 2.75) is 78.3 Å². The standard InChI is InChI=1S/C25H33N3O/c1-6-17(3)24-14-23(25(29)16-27-18(4)8-11-21(27)7-2)19(5)28(24)22-12-9-20(15-26)10-13-22/h9-10,12-14,17-18,21H,6-8,11,16H2,1-5H3. The second-order valence-corrected chi connectivity index (χ2v) is 8.46. The molecule has 2 heterocycles. The normalized spacial score (nSPS) is 20.6. The van der Waals surface area contributed by atoms with Gasteiger partial charge in [-0.05, 0) is 75.8 Å². The fraction of sp³-hybridized carbons (Fsp3) is 0.520. The number of aromatic nitrogens is 1. The summed E-state index contributed by atoms with van der Waals surface area (Å²) >= 11 is 0. The van der Waals surface area contributed by atoms with E-state index in [9.17, 15) is 4.79 Å². The number of Topliss-reactive ketones (excluding diaryl/α,β-unsaturated/α-hetero) is 1. The molecule has 1 aromatic carbocycles. The molecular formula is C25H33N3O. The first-order chi connectivity index (χ1) is 13.9. The zero-order valence-corrected chi connectivity index (χ0v) is 18.4. The summed E-state index contributed by atoms with van der Waals surface area (Å²) in [4.78, 5) is 15.7. The van der Waals surface area contributed by atoms with E-state index >= 15 is 0 Å². The van der Waals surface area contributed by atoms with Gasteiger partial charge >= 0.3 is 0 Å². The summed E-state index contributed by atoms with van der Waals surface area (Å²) in [5, 5.41) is 9.10. The van der Waals surface area contributed by atoms with Gasteiger partial charge in [0.05, 0.1) is 18.2 Å². The van der Waals surface area contributed by atoms with Crippen LogP contribution >= 0.6 is 0 Å². The summed E-state index contributed by atoms with van der Waals surface area (Å²) in [6.45, 7) is 11.4. The maximum atomic E-state index is 13.3. The SMILES string of the molecule is CCC(C)c1cc(C(=O)CN2C(C)CCC2CC)c(C)n1-c1ccc(C#N)cc1. The molecule has 0 N–H and O–H groups in total. The number of carbonyl (C=O) groups excluding carboxylic acids is 1. The van der Waals surface area contributed by atoms with Gasteiger partial charge in [-0.3, -0.25) is 9.69 Å². The fourth-order valence-electron chi connectivity index (χ4n) is 4.61. The van der Waals surface area contributed by atoms with Crippen LogP contribution in [0.3, 0.4) is 0 Å². The molecule has 154 valence electrons. The Hall–Kier alpha value is -2.38. The number of carbonyl (C=O) groups is 1. The zero-order valence-electron chi connectivity index (χ0n) is 18.4. The van der Waals surface area contributed by atoms with Crippen LogP contribution in [-0.4, -0.2) is 33.9 Å². The molecule has 4 heteroatoms. The van der Waals surface area contributed by atoms with E-state index in [1.807, 2.05) is 31.2 Å². The van der Waals surface area contributed by atoms with Gasteiger partial charge in [-0.2, -0.15) is 5.26 Å². The van der Waals surface area contributed by atoms with Gasteiger partial charge < -0.3 is 4.57 Å². The first-order valence-corrected chi connectivity index (χ1v) is 10.9. The van der Waals surface area contributed by atoms with E-state index in [-0.39, 0.29) is 5.78 Å². The molecule has 1 aromatic heterocycles. The number of hydrogen-bond donors (Lipinski definition) is 0. The summed E-state index contributed by atoms with van der Waals surface area (Å²) in [6, 6.07) is 12.9. The molecule has 4 nitrogen and oxygen atoms in total. The fourth-order valence-corrected chi connectivity index (χ4v) is 4.61. The highest BCUT2D eigenvalue weighted by molar-refractivity contribution is 5.99. The smallest absolute Gasteiger partial charge is 0.178 e. The van der Waals surface area contributed by atoms with Crippen molar-refractivity contribution < 1.29 is 4.79 Å². The predicted octanol–water partition coefficient (Wildman–Crippen LogP) is 5.62. The number of nitrogens with zero attached hydrogens (tertiary/aromatic N) is 3. The maximum absolute atomic E-state index is 13.3. The van der Waals surface area contributed by atoms with Crippen molar-refractivity contribution in [3.63, 3.8) is 0 Å². The molecule has 0 spiro atoms. The van der Waals surface area contributed by atoms with Crippen LogP contribution in [0.4, 0.5) is 0 Å². The Bertz CT molecular complexity index is 903. The number of likely N-dealkylation sites (tertiary alicyclic amines) is 1. The minimum Gasteiger partial charge on any atom is -0.317 e. The molecule has 0 aliphatic carbocycles. The van der Waals surface area contributed by atoms with E-state index in [1.54, 1.807) is 0 Å². The molecule has 0 amide bonds. The lowest BCUT2D eigenvalue weighted by Gasteiger charge is -2.26. The van der Waals surface area contributed by atoms with Gasteiger partial charge in [0.1, 0.15) is 0 Å². The average Bonchev–Trinajstić information content (AvgIpc) is 3.27. The van der Waals surface area contributed by atoms with Crippen molar-refractivity contribution >= 4 is 5.78 Å².